The molecule has 2 heterocycles. The Morgan fingerprint density at radius 1 is 1.23 bits per heavy atom. The maximum absolute atomic E-state index is 12.8. The SMILES string of the molecule is C=CCN1CCN(CC2=C(C(=O)OC)[C@H](c3ccccc3OCC)NC(=O)N2)CC1. The number of amides is 2. The second kappa shape index (κ2) is 10.3. The monoisotopic (exact) mass is 414 g/mol. The molecule has 1 saturated heterocycles. The van der Waals surface area contributed by atoms with Crippen LogP contribution in [0.25, 0.3) is 0 Å². The van der Waals surface area contributed by atoms with Crippen molar-refractivity contribution in [3.8, 4) is 5.75 Å². The molecule has 1 aromatic carbocycles. The largest absolute Gasteiger partial charge is 0.494 e. The van der Waals surface area contributed by atoms with E-state index in [0.29, 0.717) is 30.2 Å². The number of urea groups is 1. The molecule has 1 fully saturated rings. The Labute approximate surface area is 177 Å². The molecule has 0 aromatic heterocycles. The van der Waals surface area contributed by atoms with Crippen LogP contribution in [0.3, 0.4) is 0 Å². The first kappa shape index (κ1) is 21.9. The summed E-state index contributed by atoms with van der Waals surface area (Å²) in [5.41, 5.74) is 1.69. The Morgan fingerprint density at radius 3 is 2.60 bits per heavy atom. The van der Waals surface area contributed by atoms with Gasteiger partial charge in [0.25, 0.3) is 0 Å². The quantitative estimate of drug-likeness (QED) is 0.497. The summed E-state index contributed by atoms with van der Waals surface area (Å²) in [5.74, 6) is 0.157. The molecule has 0 saturated carbocycles. The first-order chi connectivity index (χ1) is 14.6. The van der Waals surface area contributed by atoms with E-state index in [1.807, 2.05) is 37.3 Å². The Balaban J connectivity index is 1.91. The van der Waals surface area contributed by atoms with Crippen LogP contribution in [0.2, 0.25) is 0 Å². The molecule has 8 nitrogen and oxygen atoms in total. The number of nitrogens with one attached hydrogen (secondary N) is 2. The normalized spacial score (nSPS) is 20.3. The number of esters is 1. The molecule has 2 aliphatic heterocycles. The third kappa shape index (κ3) is 5.01. The van der Waals surface area contributed by atoms with Crippen LogP contribution in [0.5, 0.6) is 5.75 Å². The lowest BCUT2D eigenvalue weighted by Crippen LogP contribution is -2.51. The first-order valence-electron chi connectivity index (χ1n) is 10.2. The molecule has 1 aromatic rings. The van der Waals surface area contributed by atoms with E-state index in [9.17, 15) is 9.59 Å². The molecule has 1 atom stereocenters. The van der Waals surface area contributed by atoms with Crippen LogP contribution in [0.1, 0.15) is 18.5 Å². The van der Waals surface area contributed by atoms with Gasteiger partial charge in [-0.25, -0.2) is 9.59 Å². The van der Waals surface area contributed by atoms with Crippen molar-refractivity contribution in [1.82, 2.24) is 20.4 Å². The summed E-state index contributed by atoms with van der Waals surface area (Å²) in [6, 6.07) is 6.42. The van der Waals surface area contributed by atoms with Gasteiger partial charge in [-0.05, 0) is 13.0 Å². The standard InChI is InChI=1S/C22H30N4O4/c1-4-10-25-11-13-26(14-12-25)15-17-19(21(27)29-3)20(24-22(28)23-17)16-8-6-7-9-18(16)30-5-2/h4,6-9,20H,1,5,10-15H2,2-3H3,(H2,23,24,28)/t20-/m0/s1. The third-order valence-corrected chi connectivity index (χ3v) is 5.32. The number of methoxy groups -OCH3 is 1. The van der Waals surface area contributed by atoms with Crippen LogP contribution in [0.15, 0.2) is 48.2 Å². The van der Waals surface area contributed by atoms with Crippen molar-refractivity contribution >= 4 is 12.0 Å². The summed E-state index contributed by atoms with van der Waals surface area (Å²) in [5, 5.41) is 5.69. The molecule has 2 aliphatic rings. The second-order valence-electron chi connectivity index (χ2n) is 7.25. The highest BCUT2D eigenvalue weighted by Gasteiger charge is 2.35. The molecule has 2 N–H and O–H groups in total. The van der Waals surface area contributed by atoms with Gasteiger partial charge < -0.3 is 20.1 Å². The average Bonchev–Trinajstić information content (AvgIpc) is 2.75. The maximum Gasteiger partial charge on any atom is 0.338 e. The van der Waals surface area contributed by atoms with Gasteiger partial charge in [0.05, 0.1) is 25.3 Å². The molecule has 30 heavy (non-hydrogen) atoms. The zero-order chi connectivity index (χ0) is 21.5. The average molecular weight is 415 g/mol. The van der Waals surface area contributed by atoms with Gasteiger partial charge in [0, 0.05) is 50.5 Å². The topological polar surface area (TPSA) is 83.1 Å². The fourth-order valence-electron chi connectivity index (χ4n) is 3.87. The van der Waals surface area contributed by atoms with E-state index < -0.39 is 12.0 Å². The molecule has 2 amide bonds. The van der Waals surface area contributed by atoms with E-state index in [1.54, 1.807) is 0 Å². The number of hydrogen-bond acceptors (Lipinski definition) is 6. The van der Waals surface area contributed by atoms with Crippen LogP contribution in [0, 0.1) is 0 Å². The lowest BCUT2D eigenvalue weighted by Gasteiger charge is -2.36. The van der Waals surface area contributed by atoms with Crippen LogP contribution in [-0.2, 0) is 9.53 Å². The van der Waals surface area contributed by atoms with Crippen molar-refractivity contribution in [3.05, 3.63) is 53.8 Å². The van der Waals surface area contributed by atoms with Gasteiger partial charge in [-0.3, -0.25) is 9.80 Å². The summed E-state index contributed by atoms with van der Waals surface area (Å²) < 4.78 is 10.8. The van der Waals surface area contributed by atoms with Crippen molar-refractivity contribution in [1.29, 1.82) is 0 Å². The fraction of sp³-hybridized carbons (Fsp3) is 0.455. The number of hydrogen-bond donors (Lipinski definition) is 2. The zero-order valence-corrected chi connectivity index (χ0v) is 17.6. The molecule has 0 aliphatic carbocycles. The van der Waals surface area contributed by atoms with Crippen molar-refractivity contribution in [3.63, 3.8) is 0 Å². The molecule has 8 heteroatoms. The Hall–Kier alpha value is -2.84. The van der Waals surface area contributed by atoms with Crippen LogP contribution >= 0.6 is 0 Å². The lowest BCUT2D eigenvalue weighted by atomic mass is 9.94. The second-order valence-corrected chi connectivity index (χ2v) is 7.25. The number of piperazine rings is 1. The van der Waals surface area contributed by atoms with Crippen LogP contribution < -0.4 is 15.4 Å². The van der Waals surface area contributed by atoms with E-state index in [1.165, 1.54) is 7.11 Å². The number of nitrogens with zero attached hydrogens (tertiary/aromatic N) is 2. The van der Waals surface area contributed by atoms with Crippen LogP contribution in [0.4, 0.5) is 4.79 Å². The summed E-state index contributed by atoms with van der Waals surface area (Å²) in [7, 11) is 1.35. The molecule has 0 spiro atoms. The van der Waals surface area contributed by atoms with Gasteiger partial charge in [0.15, 0.2) is 0 Å². The minimum absolute atomic E-state index is 0.348. The Morgan fingerprint density at radius 2 is 1.93 bits per heavy atom. The third-order valence-electron chi connectivity index (χ3n) is 5.32. The highest BCUT2D eigenvalue weighted by molar-refractivity contribution is 5.95. The Bertz CT molecular complexity index is 815. The number of ether oxygens (including phenoxy) is 2. The molecule has 162 valence electrons. The van der Waals surface area contributed by atoms with E-state index >= 15 is 0 Å². The molecule has 0 unspecified atom stereocenters. The number of carbonyl (C=O) groups is 2. The molecule has 3 rings (SSSR count). The summed E-state index contributed by atoms with van der Waals surface area (Å²) in [6.45, 7) is 11.0. The van der Waals surface area contributed by atoms with Gasteiger partial charge in [0.2, 0.25) is 0 Å². The van der Waals surface area contributed by atoms with E-state index in [-0.39, 0.29) is 6.03 Å². The van der Waals surface area contributed by atoms with Gasteiger partial charge in [-0.15, -0.1) is 6.58 Å². The zero-order valence-electron chi connectivity index (χ0n) is 17.6. The van der Waals surface area contributed by atoms with Crippen LogP contribution in [-0.4, -0.2) is 74.8 Å². The van der Waals surface area contributed by atoms with Crippen molar-refractivity contribution < 1.29 is 19.1 Å². The van der Waals surface area contributed by atoms with Gasteiger partial charge in [0.1, 0.15) is 5.75 Å². The van der Waals surface area contributed by atoms with Gasteiger partial charge in [-0.1, -0.05) is 24.3 Å². The molecular formula is C22H30N4O4. The summed E-state index contributed by atoms with van der Waals surface area (Å²) >= 11 is 0. The van der Waals surface area contributed by atoms with Gasteiger partial charge >= 0.3 is 12.0 Å². The van der Waals surface area contributed by atoms with Crippen molar-refractivity contribution in [2.45, 2.75) is 13.0 Å². The Kier molecular flexibility index (Phi) is 7.48. The van der Waals surface area contributed by atoms with Crippen molar-refractivity contribution in [2.24, 2.45) is 0 Å². The van der Waals surface area contributed by atoms with E-state index in [0.717, 1.165) is 38.3 Å². The number of rotatable bonds is 8. The lowest BCUT2D eigenvalue weighted by molar-refractivity contribution is -0.136. The van der Waals surface area contributed by atoms with Crippen molar-refractivity contribution in [2.75, 3.05) is 53.0 Å². The smallest absolute Gasteiger partial charge is 0.338 e. The number of carbonyl (C=O) groups excluding carboxylic acids is 2. The highest BCUT2D eigenvalue weighted by Crippen LogP contribution is 2.33. The van der Waals surface area contributed by atoms with Gasteiger partial charge in [-0.2, -0.15) is 0 Å². The first-order valence-corrected chi connectivity index (χ1v) is 10.2. The highest BCUT2D eigenvalue weighted by atomic mass is 16.5. The fourth-order valence-corrected chi connectivity index (χ4v) is 3.87. The molecular weight excluding hydrogens is 384 g/mol. The predicted molar refractivity (Wildman–Crippen MR) is 114 cm³/mol. The summed E-state index contributed by atoms with van der Waals surface area (Å²) in [6.07, 6.45) is 1.90. The predicted octanol–water partition coefficient (Wildman–Crippen LogP) is 1.67. The number of para-hydroxylation sites is 1. The summed E-state index contributed by atoms with van der Waals surface area (Å²) in [4.78, 5) is 29.8. The minimum atomic E-state index is -0.647. The van der Waals surface area contributed by atoms with E-state index in [2.05, 4.69) is 27.0 Å². The minimum Gasteiger partial charge on any atom is -0.494 e. The number of benzene rings is 1. The van der Waals surface area contributed by atoms with E-state index in [4.69, 9.17) is 9.47 Å². The molecule has 0 bridgehead atoms. The maximum atomic E-state index is 12.8. The molecule has 0 radical (unpaired) electrons.